The first-order valence-corrected chi connectivity index (χ1v) is 9.28. The molecule has 0 saturated carbocycles. The van der Waals surface area contributed by atoms with Crippen molar-refractivity contribution in [2.75, 3.05) is 18.5 Å². The minimum atomic E-state index is -0.00925. The summed E-state index contributed by atoms with van der Waals surface area (Å²) in [6.07, 6.45) is 4.05. The predicted octanol–water partition coefficient (Wildman–Crippen LogP) is 3.66. The molecule has 2 aromatic carbocycles. The molecular formula is C22H25N3O2. The molecule has 0 aliphatic carbocycles. The number of hydrogen-bond donors (Lipinski definition) is 2. The lowest BCUT2D eigenvalue weighted by Gasteiger charge is -2.17. The summed E-state index contributed by atoms with van der Waals surface area (Å²) in [5, 5.41) is 4.14. The van der Waals surface area contributed by atoms with E-state index in [1.54, 1.807) is 11.9 Å². The Bertz CT molecular complexity index is 902. The van der Waals surface area contributed by atoms with Crippen LogP contribution < -0.4 is 10.2 Å². The Labute approximate surface area is 159 Å². The van der Waals surface area contributed by atoms with Crippen molar-refractivity contribution in [1.82, 2.24) is 10.3 Å². The van der Waals surface area contributed by atoms with E-state index < -0.39 is 0 Å². The number of nitrogens with one attached hydrogen (secondary N) is 2. The lowest BCUT2D eigenvalue weighted by molar-refractivity contribution is -0.121. The molecule has 27 heavy (non-hydrogen) atoms. The van der Waals surface area contributed by atoms with Crippen LogP contribution in [-0.2, 0) is 16.0 Å². The zero-order chi connectivity index (χ0) is 19.1. The molecule has 2 N–H and O–H groups in total. The van der Waals surface area contributed by atoms with Gasteiger partial charge in [0.25, 0.3) is 0 Å². The van der Waals surface area contributed by atoms with Gasteiger partial charge in [-0.2, -0.15) is 0 Å². The molecule has 0 bridgehead atoms. The molecule has 0 saturated heterocycles. The zero-order valence-corrected chi connectivity index (χ0v) is 15.6. The zero-order valence-electron chi connectivity index (χ0n) is 15.6. The molecule has 5 nitrogen and oxygen atoms in total. The summed E-state index contributed by atoms with van der Waals surface area (Å²) in [6.45, 7) is 0.596. The molecule has 5 heteroatoms. The number of rotatable bonds is 8. The van der Waals surface area contributed by atoms with Gasteiger partial charge in [0.05, 0.1) is 0 Å². The maximum atomic E-state index is 12.2. The first kappa shape index (κ1) is 18.7. The molecule has 0 unspecified atom stereocenters. The molecule has 0 fully saturated rings. The van der Waals surface area contributed by atoms with E-state index in [9.17, 15) is 9.59 Å². The number of nitrogens with zero attached hydrogens (tertiary/aromatic N) is 1. The van der Waals surface area contributed by atoms with Crippen LogP contribution in [0.2, 0.25) is 0 Å². The van der Waals surface area contributed by atoms with Crippen molar-refractivity contribution in [3.63, 3.8) is 0 Å². The van der Waals surface area contributed by atoms with Gasteiger partial charge in [0.1, 0.15) is 0 Å². The number of benzene rings is 2. The van der Waals surface area contributed by atoms with Crippen LogP contribution in [0.3, 0.4) is 0 Å². The van der Waals surface area contributed by atoms with Crippen molar-refractivity contribution in [2.45, 2.75) is 25.7 Å². The molecule has 0 aliphatic rings. The molecule has 3 rings (SSSR count). The van der Waals surface area contributed by atoms with E-state index in [0.717, 1.165) is 17.6 Å². The maximum Gasteiger partial charge on any atom is 0.226 e. The monoisotopic (exact) mass is 363 g/mol. The highest BCUT2D eigenvalue weighted by molar-refractivity contribution is 5.93. The van der Waals surface area contributed by atoms with Gasteiger partial charge in [-0.15, -0.1) is 0 Å². The molecule has 0 atom stereocenters. The molecule has 0 radical (unpaired) electrons. The van der Waals surface area contributed by atoms with E-state index in [2.05, 4.69) is 16.4 Å². The predicted molar refractivity (Wildman–Crippen MR) is 109 cm³/mol. The van der Waals surface area contributed by atoms with Gasteiger partial charge in [-0.25, -0.2) is 0 Å². The van der Waals surface area contributed by atoms with E-state index in [0.29, 0.717) is 25.8 Å². The highest BCUT2D eigenvalue weighted by Gasteiger charge is 2.11. The van der Waals surface area contributed by atoms with E-state index in [4.69, 9.17) is 0 Å². The summed E-state index contributed by atoms with van der Waals surface area (Å²) in [7, 11) is 1.76. The molecule has 0 aliphatic heterocycles. The summed E-state index contributed by atoms with van der Waals surface area (Å²) in [6, 6.07) is 17.7. The largest absolute Gasteiger partial charge is 0.361 e. The van der Waals surface area contributed by atoms with Gasteiger partial charge in [-0.1, -0.05) is 36.4 Å². The Kier molecular flexibility index (Phi) is 6.26. The summed E-state index contributed by atoms with van der Waals surface area (Å²) >= 11 is 0. The Morgan fingerprint density at radius 1 is 1.00 bits per heavy atom. The average molecular weight is 363 g/mol. The SMILES string of the molecule is CN(C(=O)CCCC(=O)NCCc1c[nH]c2ccccc12)c1ccccc1. The first-order valence-electron chi connectivity index (χ1n) is 9.28. The van der Waals surface area contributed by atoms with Gasteiger partial charge in [0.2, 0.25) is 11.8 Å². The third kappa shape index (κ3) is 4.97. The fourth-order valence-corrected chi connectivity index (χ4v) is 3.13. The lowest BCUT2D eigenvalue weighted by Crippen LogP contribution is -2.28. The van der Waals surface area contributed by atoms with Crippen LogP contribution in [-0.4, -0.2) is 30.4 Å². The molecule has 140 valence electrons. The number of aromatic nitrogens is 1. The van der Waals surface area contributed by atoms with Gasteiger partial charge in [0.15, 0.2) is 0 Å². The van der Waals surface area contributed by atoms with Crippen LogP contribution in [0.1, 0.15) is 24.8 Å². The van der Waals surface area contributed by atoms with Gasteiger partial charge < -0.3 is 15.2 Å². The molecule has 0 spiro atoms. The maximum absolute atomic E-state index is 12.2. The first-order chi connectivity index (χ1) is 13.1. The van der Waals surface area contributed by atoms with Crippen molar-refractivity contribution >= 4 is 28.4 Å². The number of hydrogen-bond acceptors (Lipinski definition) is 2. The lowest BCUT2D eigenvalue weighted by atomic mass is 10.1. The van der Waals surface area contributed by atoms with Gasteiger partial charge in [-0.05, 0) is 36.6 Å². The third-order valence-corrected chi connectivity index (χ3v) is 4.70. The van der Waals surface area contributed by atoms with Crippen LogP contribution in [0.15, 0.2) is 60.8 Å². The summed E-state index contributed by atoms with van der Waals surface area (Å²) in [4.78, 5) is 29.1. The number of H-pyrrole nitrogens is 1. The quantitative estimate of drug-likeness (QED) is 0.641. The number of aromatic amines is 1. The Hall–Kier alpha value is -3.08. The van der Waals surface area contributed by atoms with Crippen LogP contribution in [0.25, 0.3) is 10.9 Å². The molecular weight excluding hydrogens is 338 g/mol. The minimum absolute atomic E-state index is 0.00925. The fourth-order valence-electron chi connectivity index (χ4n) is 3.13. The van der Waals surface area contributed by atoms with Crippen molar-refractivity contribution in [3.8, 4) is 0 Å². The van der Waals surface area contributed by atoms with Gasteiger partial charge in [0, 0.05) is 49.2 Å². The number of carbonyl (C=O) groups excluding carboxylic acids is 2. The molecule has 2 amide bonds. The summed E-state index contributed by atoms with van der Waals surface area (Å²) in [5.41, 5.74) is 3.18. The number of anilines is 1. The minimum Gasteiger partial charge on any atom is -0.361 e. The second-order valence-electron chi connectivity index (χ2n) is 6.60. The number of para-hydroxylation sites is 2. The summed E-state index contributed by atoms with van der Waals surface area (Å²) < 4.78 is 0. The summed E-state index contributed by atoms with van der Waals surface area (Å²) in [5.74, 6) is 0.0119. The fraction of sp³-hybridized carbons (Fsp3) is 0.273. The smallest absolute Gasteiger partial charge is 0.226 e. The van der Waals surface area contributed by atoms with Crippen LogP contribution in [0.5, 0.6) is 0 Å². The van der Waals surface area contributed by atoms with Crippen molar-refractivity contribution in [1.29, 1.82) is 0 Å². The second kappa shape index (κ2) is 9.03. The molecule has 1 aromatic heterocycles. The van der Waals surface area contributed by atoms with Gasteiger partial charge in [-0.3, -0.25) is 9.59 Å². The van der Waals surface area contributed by atoms with E-state index in [-0.39, 0.29) is 11.8 Å². The van der Waals surface area contributed by atoms with E-state index in [1.807, 2.05) is 54.7 Å². The van der Waals surface area contributed by atoms with Crippen molar-refractivity contribution in [2.24, 2.45) is 0 Å². The van der Waals surface area contributed by atoms with Crippen LogP contribution in [0, 0.1) is 0 Å². The average Bonchev–Trinajstić information content (AvgIpc) is 3.11. The Morgan fingerprint density at radius 2 is 1.74 bits per heavy atom. The highest BCUT2D eigenvalue weighted by Crippen LogP contribution is 2.17. The normalized spacial score (nSPS) is 10.7. The number of amides is 2. The van der Waals surface area contributed by atoms with Crippen LogP contribution in [0.4, 0.5) is 5.69 Å². The number of carbonyl (C=O) groups is 2. The highest BCUT2D eigenvalue weighted by atomic mass is 16.2. The standard InChI is InChI=1S/C22H25N3O2/c1-25(18-8-3-2-4-9-18)22(27)13-7-12-21(26)23-15-14-17-16-24-20-11-6-5-10-19(17)20/h2-6,8-11,16,24H,7,12-15H2,1H3,(H,23,26). The van der Waals surface area contributed by atoms with Crippen molar-refractivity contribution in [3.05, 3.63) is 66.4 Å². The third-order valence-electron chi connectivity index (χ3n) is 4.70. The van der Waals surface area contributed by atoms with E-state index in [1.165, 1.54) is 10.9 Å². The Balaban J connectivity index is 1.37. The van der Waals surface area contributed by atoms with E-state index >= 15 is 0 Å². The van der Waals surface area contributed by atoms with Crippen LogP contribution >= 0.6 is 0 Å². The van der Waals surface area contributed by atoms with Gasteiger partial charge >= 0.3 is 0 Å². The topological polar surface area (TPSA) is 65.2 Å². The number of fused-ring (bicyclic) bond motifs is 1. The molecule has 3 aromatic rings. The second-order valence-corrected chi connectivity index (χ2v) is 6.60. The molecule has 1 heterocycles. The Morgan fingerprint density at radius 3 is 2.56 bits per heavy atom. The van der Waals surface area contributed by atoms with Crippen molar-refractivity contribution < 1.29 is 9.59 Å².